The van der Waals surface area contributed by atoms with Gasteiger partial charge in [-0.3, -0.25) is 9.59 Å². The Kier molecular flexibility index (Phi) is 6.63. The summed E-state index contributed by atoms with van der Waals surface area (Å²) in [5.74, 6) is 0.298. The van der Waals surface area contributed by atoms with Gasteiger partial charge >= 0.3 is 0 Å². The second kappa shape index (κ2) is 9.00. The minimum absolute atomic E-state index is 0.0960. The summed E-state index contributed by atoms with van der Waals surface area (Å²) in [7, 11) is 0. The fourth-order valence-electron chi connectivity index (χ4n) is 3.79. The molecule has 1 N–H and O–H groups in total. The molecule has 0 radical (unpaired) electrons. The van der Waals surface area contributed by atoms with Crippen molar-refractivity contribution in [1.82, 2.24) is 10.2 Å². The zero-order valence-corrected chi connectivity index (χ0v) is 18.1. The fourth-order valence-corrected chi connectivity index (χ4v) is 4.01. The molecule has 1 heterocycles. The molecule has 4 nitrogen and oxygen atoms in total. The van der Waals surface area contributed by atoms with E-state index in [-0.39, 0.29) is 11.8 Å². The third-order valence-electron chi connectivity index (χ3n) is 5.70. The van der Waals surface area contributed by atoms with E-state index in [4.69, 9.17) is 11.6 Å². The summed E-state index contributed by atoms with van der Waals surface area (Å²) in [6.45, 7) is 7.09. The van der Waals surface area contributed by atoms with Gasteiger partial charge in [0.25, 0.3) is 5.91 Å². The van der Waals surface area contributed by atoms with Gasteiger partial charge in [0.15, 0.2) is 0 Å². The van der Waals surface area contributed by atoms with Crippen molar-refractivity contribution in [2.24, 2.45) is 5.92 Å². The number of benzene rings is 2. The lowest BCUT2D eigenvalue weighted by molar-refractivity contribution is -0.132. The topological polar surface area (TPSA) is 49.4 Å². The zero-order valence-electron chi connectivity index (χ0n) is 17.4. The van der Waals surface area contributed by atoms with Gasteiger partial charge < -0.3 is 10.2 Å². The molecule has 2 amide bonds. The van der Waals surface area contributed by atoms with Crippen molar-refractivity contribution in [2.75, 3.05) is 6.54 Å². The molecule has 0 saturated carbocycles. The van der Waals surface area contributed by atoms with Crippen LogP contribution in [-0.4, -0.2) is 28.8 Å². The van der Waals surface area contributed by atoms with Crippen LogP contribution in [0.25, 0.3) is 0 Å². The normalized spacial score (nSPS) is 19.1. The summed E-state index contributed by atoms with van der Waals surface area (Å²) in [4.78, 5) is 28.5. The predicted octanol–water partition coefficient (Wildman–Crippen LogP) is 4.85. The van der Waals surface area contributed by atoms with Gasteiger partial charge in [-0.1, -0.05) is 55.8 Å². The Bertz CT molecular complexity index is 896. The van der Waals surface area contributed by atoms with E-state index < -0.39 is 5.54 Å². The van der Waals surface area contributed by atoms with E-state index in [0.29, 0.717) is 42.4 Å². The number of halogens is 1. The van der Waals surface area contributed by atoms with Crippen molar-refractivity contribution in [1.29, 1.82) is 0 Å². The number of carbonyl (C=O) groups excluding carboxylic acids is 2. The highest BCUT2D eigenvalue weighted by molar-refractivity contribution is 6.30. The summed E-state index contributed by atoms with van der Waals surface area (Å²) in [5, 5.41) is 3.69. The van der Waals surface area contributed by atoms with E-state index in [1.165, 1.54) is 0 Å². The van der Waals surface area contributed by atoms with Crippen molar-refractivity contribution in [3.05, 3.63) is 70.2 Å². The van der Waals surface area contributed by atoms with Crippen molar-refractivity contribution >= 4 is 23.4 Å². The Hall–Kier alpha value is -2.33. The third-order valence-corrected chi connectivity index (χ3v) is 5.93. The number of hydrogen-bond donors (Lipinski definition) is 1. The van der Waals surface area contributed by atoms with E-state index in [1.54, 1.807) is 4.90 Å². The fraction of sp³-hybridized carbons (Fsp3) is 0.417. The molecule has 0 saturated heterocycles. The van der Waals surface area contributed by atoms with E-state index >= 15 is 0 Å². The van der Waals surface area contributed by atoms with Crippen LogP contribution in [0.1, 0.15) is 55.1 Å². The molecule has 29 heavy (non-hydrogen) atoms. The number of nitrogens with one attached hydrogen (secondary N) is 1. The second-order valence-electron chi connectivity index (χ2n) is 8.39. The number of amides is 2. The van der Waals surface area contributed by atoms with Crippen LogP contribution in [-0.2, 0) is 17.8 Å². The standard InChI is InChI=1S/C24H29ClN2O2/c1-17(2)12-14-26-23(29)24(3)13-11-19-8-4-5-10-21(19)22(28)27(24)16-18-7-6-9-20(25)15-18/h4-10,15,17H,11-14,16H2,1-3H3,(H,26,29)/t24-/m0/s1. The minimum atomic E-state index is -0.935. The molecule has 0 spiro atoms. The van der Waals surface area contributed by atoms with Gasteiger partial charge in [-0.2, -0.15) is 0 Å². The lowest BCUT2D eigenvalue weighted by Crippen LogP contribution is -2.58. The van der Waals surface area contributed by atoms with Crippen molar-refractivity contribution in [2.45, 2.75) is 52.1 Å². The minimum Gasteiger partial charge on any atom is -0.354 e. The van der Waals surface area contributed by atoms with Gasteiger partial charge in [-0.15, -0.1) is 0 Å². The molecule has 0 unspecified atom stereocenters. The number of rotatable bonds is 6. The molecule has 2 aromatic carbocycles. The molecule has 5 heteroatoms. The van der Waals surface area contributed by atoms with Gasteiger partial charge in [-0.05, 0) is 61.4 Å². The van der Waals surface area contributed by atoms with Crippen LogP contribution in [0.5, 0.6) is 0 Å². The Morgan fingerprint density at radius 3 is 2.69 bits per heavy atom. The van der Waals surface area contributed by atoms with Gasteiger partial charge in [-0.25, -0.2) is 0 Å². The first-order valence-corrected chi connectivity index (χ1v) is 10.6. The molecule has 0 bridgehead atoms. The number of nitrogens with zero attached hydrogens (tertiary/aromatic N) is 1. The molecule has 3 rings (SSSR count). The van der Waals surface area contributed by atoms with Gasteiger partial charge in [0.2, 0.25) is 5.91 Å². The third kappa shape index (κ3) is 4.81. The molecule has 2 aromatic rings. The summed E-state index contributed by atoms with van der Waals surface area (Å²) >= 11 is 6.16. The smallest absolute Gasteiger partial charge is 0.255 e. The van der Waals surface area contributed by atoms with Crippen LogP contribution >= 0.6 is 11.6 Å². The van der Waals surface area contributed by atoms with Crippen molar-refractivity contribution in [3.63, 3.8) is 0 Å². The first kappa shape index (κ1) is 21.4. The van der Waals surface area contributed by atoms with Crippen molar-refractivity contribution in [3.8, 4) is 0 Å². The SMILES string of the molecule is CC(C)CCNC(=O)[C@]1(C)CCc2ccccc2C(=O)N1Cc1cccc(Cl)c1. The van der Waals surface area contributed by atoms with Crippen LogP contribution in [0.4, 0.5) is 0 Å². The Balaban J connectivity index is 1.95. The maximum atomic E-state index is 13.5. The number of hydrogen-bond acceptors (Lipinski definition) is 2. The average molecular weight is 413 g/mol. The van der Waals surface area contributed by atoms with Crippen LogP contribution in [0.15, 0.2) is 48.5 Å². The molecule has 1 aliphatic rings. The van der Waals surface area contributed by atoms with E-state index in [0.717, 1.165) is 17.5 Å². The first-order chi connectivity index (χ1) is 13.8. The maximum absolute atomic E-state index is 13.5. The van der Waals surface area contributed by atoms with Crippen LogP contribution < -0.4 is 5.32 Å². The van der Waals surface area contributed by atoms with Crippen molar-refractivity contribution < 1.29 is 9.59 Å². The molecular formula is C24H29ClN2O2. The lowest BCUT2D eigenvalue weighted by atomic mass is 9.91. The summed E-state index contributed by atoms with van der Waals surface area (Å²) < 4.78 is 0. The molecule has 0 aromatic heterocycles. The maximum Gasteiger partial charge on any atom is 0.255 e. The molecular weight excluding hydrogens is 384 g/mol. The van der Waals surface area contributed by atoms with Crippen LogP contribution in [0.3, 0.4) is 0 Å². The Morgan fingerprint density at radius 2 is 1.97 bits per heavy atom. The first-order valence-electron chi connectivity index (χ1n) is 10.2. The molecule has 1 atom stereocenters. The van der Waals surface area contributed by atoms with Gasteiger partial charge in [0, 0.05) is 23.7 Å². The van der Waals surface area contributed by atoms with Crippen LogP contribution in [0, 0.1) is 5.92 Å². The lowest BCUT2D eigenvalue weighted by Gasteiger charge is -2.39. The van der Waals surface area contributed by atoms with E-state index in [9.17, 15) is 9.59 Å². The van der Waals surface area contributed by atoms with E-state index in [1.807, 2.05) is 55.5 Å². The molecule has 0 aliphatic carbocycles. The predicted molar refractivity (Wildman–Crippen MR) is 117 cm³/mol. The number of carbonyl (C=O) groups is 2. The highest BCUT2D eigenvalue weighted by Crippen LogP contribution is 2.32. The second-order valence-corrected chi connectivity index (χ2v) is 8.83. The number of aryl methyl sites for hydroxylation is 1. The summed E-state index contributed by atoms with van der Waals surface area (Å²) in [6, 6.07) is 15.1. The highest BCUT2D eigenvalue weighted by Gasteiger charge is 2.44. The molecule has 1 aliphatic heterocycles. The summed E-state index contributed by atoms with van der Waals surface area (Å²) in [5.41, 5.74) is 1.64. The quantitative estimate of drug-likeness (QED) is 0.737. The number of fused-ring (bicyclic) bond motifs is 1. The van der Waals surface area contributed by atoms with E-state index in [2.05, 4.69) is 19.2 Å². The van der Waals surface area contributed by atoms with Gasteiger partial charge in [0.1, 0.15) is 5.54 Å². The Morgan fingerprint density at radius 1 is 1.21 bits per heavy atom. The van der Waals surface area contributed by atoms with Crippen LogP contribution in [0.2, 0.25) is 5.02 Å². The Labute approximate surface area is 178 Å². The zero-order chi connectivity index (χ0) is 21.0. The molecule has 154 valence electrons. The monoisotopic (exact) mass is 412 g/mol. The average Bonchev–Trinajstić information content (AvgIpc) is 2.79. The van der Waals surface area contributed by atoms with Gasteiger partial charge in [0.05, 0.1) is 0 Å². The highest BCUT2D eigenvalue weighted by atomic mass is 35.5. The molecule has 0 fully saturated rings. The summed E-state index contributed by atoms with van der Waals surface area (Å²) in [6.07, 6.45) is 2.16. The largest absolute Gasteiger partial charge is 0.354 e.